The largest absolute Gasteiger partial charge is 0.497 e. The average molecular weight is 369 g/mol. The minimum Gasteiger partial charge on any atom is -0.497 e. The van der Waals surface area contributed by atoms with Crippen LogP contribution in [0.2, 0.25) is 0 Å². The highest BCUT2D eigenvalue weighted by molar-refractivity contribution is 6.13. The Morgan fingerprint density at radius 2 is 1.63 bits per heavy atom. The van der Waals surface area contributed by atoms with Crippen molar-refractivity contribution in [2.75, 3.05) is 28.4 Å². The number of carbonyl (C=O) groups excluding carboxylic acids is 1. The first-order valence-corrected chi connectivity index (χ1v) is 8.06. The number of rotatable bonds is 6. The number of carbonyl (C=O) groups is 1. The van der Waals surface area contributed by atoms with Gasteiger partial charge in [-0.15, -0.1) is 0 Å². The van der Waals surface area contributed by atoms with Crippen LogP contribution in [0.3, 0.4) is 0 Å². The Morgan fingerprint density at radius 1 is 0.926 bits per heavy atom. The van der Waals surface area contributed by atoms with E-state index in [4.69, 9.17) is 23.7 Å². The lowest BCUT2D eigenvalue weighted by atomic mass is 10.1. The van der Waals surface area contributed by atoms with E-state index in [9.17, 15) is 4.79 Å². The Labute approximate surface area is 156 Å². The standard InChI is InChI=1S/C20H19NO6/c1-23-14-8-13(9-15(11-14)24-2)19-21-16(20(22)27-19)10-12-6-5-7-17(25-3)18(12)26-4/h5-11H,1-4H3/b16-10-. The van der Waals surface area contributed by atoms with E-state index in [1.807, 2.05) is 0 Å². The molecule has 7 heteroatoms. The first kappa shape index (κ1) is 18.3. The third kappa shape index (κ3) is 3.72. The van der Waals surface area contributed by atoms with Crippen LogP contribution in [0.15, 0.2) is 47.1 Å². The van der Waals surface area contributed by atoms with Gasteiger partial charge >= 0.3 is 5.97 Å². The number of hydrogen-bond donors (Lipinski definition) is 0. The van der Waals surface area contributed by atoms with Gasteiger partial charge in [-0.05, 0) is 24.3 Å². The Bertz CT molecular complexity index is 910. The highest BCUT2D eigenvalue weighted by Crippen LogP contribution is 2.33. The van der Waals surface area contributed by atoms with Crippen LogP contribution < -0.4 is 18.9 Å². The molecule has 0 aliphatic carbocycles. The van der Waals surface area contributed by atoms with Crippen LogP contribution in [-0.4, -0.2) is 40.3 Å². The molecule has 0 fully saturated rings. The van der Waals surface area contributed by atoms with Gasteiger partial charge in [-0.25, -0.2) is 9.79 Å². The molecule has 2 aromatic carbocycles. The Balaban J connectivity index is 2.02. The zero-order chi connectivity index (χ0) is 19.4. The normalized spacial score (nSPS) is 14.6. The predicted molar refractivity (Wildman–Crippen MR) is 99.7 cm³/mol. The molecule has 0 unspecified atom stereocenters. The second-order valence-electron chi connectivity index (χ2n) is 5.52. The fourth-order valence-electron chi connectivity index (χ4n) is 2.64. The topological polar surface area (TPSA) is 75.6 Å². The third-order valence-electron chi connectivity index (χ3n) is 3.94. The molecule has 3 rings (SSSR count). The monoisotopic (exact) mass is 369 g/mol. The maximum Gasteiger partial charge on any atom is 0.363 e. The van der Waals surface area contributed by atoms with Crippen LogP contribution >= 0.6 is 0 Å². The first-order valence-electron chi connectivity index (χ1n) is 8.06. The molecule has 27 heavy (non-hydrogen) atoms. The molecule has 1 aliphatic heterocycles. The average Bonchev–Trinajstić information content (AvgIpc) is 3.07. The first-order chi connectivity index (χ1) is 13.1. The van der Waals surface area contributed by atoms with Crippen molar-refractivity contribution >= 4 is 17.9 Å². The van der Waals surface area contributed by atoms with Crippen molar-refractivity contribution in [1.82, 2.24) is 0 Å². The van der Waals surface area contributed by atoms with E-state index in [1.165, 1.54) is 7.11 Å². The molecule has 1 aliphatic rings. The lowest BCUT2D eigenvalue weighted by molar-refractivity contribution is -0.129. The molecule has 7 nitrogen and oxygen atoms in total. The van der Waals surface area contributed by atoms with Gasteiger partial charge in [0.1, 0.15) is 11.5 Å². The number of para-hydroxylation sites is 1. The van der Waals surface area contributed by atoms with Gasteiger partial charge in [-0.3, -0.25) is 0 Å². The summed E-state index contributed by atoms with van der Waals surface area (Å²) in [6.07, 6.45) is 1.59. The molecular formula is C20H19NO6. The molecular weight excluding hydrogens is 350 g/mol. The van der Waals surface area contributed by atoms with Crippen LogP contribution in [0, 0.1) is 0 Å². The number of aliphatic imine (C=N–C) groups is 1. The number of methoxy groups -OCH3 is 4. The van der Waals surface area contributed by atoms with Crippen molar-refractivity contribution in [1.29, 1.82) is 0 Å². The molecule has 0 radical (unpaired) electrons. The molecule has 0 bridgehead atoms. The molecule has 0 saturated heterocycles. The van der Waals surface area contributed by atoms with Gasteiger partial charge in [0.05, 0.1) is 28.4 Å². The lowest BCUT2D eigenvalue weighted by Crippen LogP contribution is -2.06. The van der Waals surface area contributed by atoms with Gasteiger partial charge in [0.2, 0.25) is 5.90 Å². The Morgan fingerprint density at radius 3 is 2.22 bits per heavy atom. The van der Waals surface area contributed by atoms with E-state index in [0.717, 1.165) is 0 Å². The van der Waals surface area contributed by atoms with E-state index >= 15 is 0 Å². The second-order valence-corrected chi connectivity index (χ2v) is 5.52. The highest BCUT2D eigenvalue weighted by Gasteiger charge is 2.25. The summed E-state index contributed by atoms with van der Waals surface area (Å²) in [5.41, 5.74) is 1.37. The minimum atomic E-state index is -0.559. The van der Waals surface area contributed by atoms with Crippen molar-refractivity contribution < 1.29 is 28.5 Å². The number of hydrogen-bond acceptors (Lipinski definition) is 7. The van der Waals surface area contributed by atoms with Crippen molar-refractivity contribution in [2.24, 2.45) is 4.99 Å². The molecule has 2 aromatic rings. The van der Waals surface area contributed by atoms with Crippen LogP contribution in [0.5, 0.6) is 23.0 Å². The summed E-state index contributed by atoms with van der Waals surface area (Å²) in [5, 5.41) is 0. The van der Waals surface area contributed by atoms with Crippen molar-refractivity contribution in [3.63, 3.8) is 0 Å². The number of esters is 1. The number of cyclic esters (lactones) is 1. The summed E-state index contributed by atoms with van der Waals surface area (Å²) >= 11 is 0. The predicted octanol–water partition coefficient (Wildman–Crippen LogP) is 3.07. The zero-order valence-electron chi connectivity index (χ0n) is 15.4. The van der Waals surface area contributed by atoms with Gasteiger partial charge in [-0.1, -0.05) is 12.1 Å². The van der Waals surface area contributed by atoms with Crippen LogP contribution in [0.1, 0.15) is 11.1 Å². The van der Waals surface area contributed by atoms with E-state index in [-0.39, 0.29) is 11.6 Å². The fourth-order valence-corrected chi connectivity index (χ4v) is 2.64. The summed E-state index contributed by atoms with van der Waals surface area (Å²) in [5.74, 6) is 1.80. The van der Waals surface area contributed by atoms with Gasteiger partial charge in [0, 0.05) is 17.2 Å². The second kappa shape index (κ2) is 7.82. The van der Waals surface area contributed by atoms with Gasteiger partial charge < -0.3 is 23.7 Å². The molecule has 0 atom stereocenters. The molecule has 0 saturated carbocycles. The SMILES string of the molecule is COc1cc(OC)cc(C2=N/C(=C\c3cccc(OC)c3OC)C(=O)O2)c1. The summed E-state index contributed by atoms with van der Waals surface area (Å²) in [7, 11) is 6.16. The zero-order valence-corrected chi connectivity index (χ0v) is 15.4. The van der Waals surface area contributed by atoms with Crippen molar-refractivity contribution in [3.8, 4) is 23.0 Å². The van der Waals surface area contributed by atoms with Gasteiger partial charge in [-0.2, -0.15) is 0 Å². The maximum absolute atomic E-state index is 12.3. The summed E-state index contributed by atoms with van der Waals surface area (Å²) in [6, 6.07) is 10.5. The third-order valence-corrected chi connectivity index (χ3v) is 3.94. The maximum atomic E-state index is 12.3. The summed E-state index contributed by atoms with van der Waals surface area (Å²) < 4.78 is 26.5. The fraction of sp³-hybridized carbons (Fsp3) is 0.200. The number of nitrogens with zero attached hydrogens (tertiary/aromatic N) is 1. The summed E-state index contributed by atoms with van der Waals surface area (Å²) in [6.45, 7) is 0. The number of ether oxygens (including phenoxy) is 5. The Hall–Kier alpha value is -3.48. The molecule has 0 amide bonds. The minimum absolute atomic E-state index is 0.151. The quantitative estimate of drug-likeness (QED) is 0.575. The van der Waals surface area contributed by atoms with Crippen LogP contribution in [-0.2, 0) is 9.53 Å². The van der Waals surface area contributed by atoms with Gasteiger partial charge in [0.15, 0.2) is 17.2 Å². The molecule has 0 spiro atoms. The van der Waals surface area contributed by atoms with Crippen LogP contribution in [0.4, 0.5) is 0 Å². The van der Waals surface area contributed by atoms with Crippen molar-refractivity contribution in [2.45, 2.75) is 0 Å². The molecule has 1 heterocycles. The molecule has 0 N–H and O–H groups in total. The van der Waals surface area contributed by atoms with Crippen molar-refractivity contribution in [3.05, 3.63) is 53.2 Å². The molecule has 140 valence electrons. The van der Waals surface area contributed by atoms with E-state index in [0.29, 0.717) is 34.1 Å². The van der Waals surface area contributed by atoms with E-state index < -0.39 is 5.97 Å². The van der Waals surface area contributed by atoms with Gasteiger partial charge in [0.25, 0.3) is 0 Å². The highest BCUT2D eigenvalue weighted by atomic mass is 16.6. The summed E-state index contributed by atoms with van der Waals surface area (Å²) in [4.78, 5) is 16.6. The molecule has 0 aromatic heterocycles. The van der Waals surface area contributed by atoms with E-state index in [1.54, 1.807) is 63.8 Å². The lowest BCUT2D eigenvalue weighted by Gasteiger charge is -2.09. The number of benzene rings is 2. The van der Waals surface area contributed by atoms with Crippen LogP contribution in [0.25, 0.3) is 6.08 Å². The van der Waals surface area contributed by atoms with E-state index in [2.05, 4.69) is 4.99 Å². The smallest absolute Gasteiger partial charge is 0.363 e. The Kier molecular flexibility index (Phi) is 5.30.